The predicted molar refractivity (Wildman–Crippen MR) is 103 cm³/mol. The molecule has 1 N–H and O–H groups in total. The molecular weight excluding hydrogens is 352 g/mol. The van der Waals surface area contributed by atoms with E-state index in [4.69, 9.17) is 4.74 Å². The number of nitrogens with one attached hydrogen (secondary N) is 1. The topological polar surface area (TPSA) is 75.7 Å². The van der Waals surface area contributed by atoms with Gasteiger partial charge in [0.1, 0.15) is 11.8 Å². The lowest BCUT2D eigenvalue weighted by molar-refractivity contribution is -0.122. The van der Waals surface area contributed by atoms with Crippen molar-refractivity contribution in [3.8, 4) is 5.75 Å². The highest BCUT2D eigenvalue weighted by atomic mass is 32.2. The van der Waals surface area contributed by atoms with E-state index in [1.807, 2.05) is 31.2 Å². The normalized spacial score (nSPS) is 12.3. The van der Waals surface area contributed by atoms with Crippen molar-refractivity contribution in [2.75, 3.05) is 17.7 Å². The van der Waals surface area contributed by atoms with E-state index >= 15 is 0 Å². The Morgan fingerprint density at radius 3 is 2.42 bits per heavy atom. The second kappa shape index (κ2) is 8.23. The van der Waals surface area contributed by atoms with Crippen LogP contribution in [-0.4, -0.2) is 33.7 Å². The van der Waals surface area contributed by atoms with Gasteiger partial charge in [0.25, 0.3) is 0 Å². The Kier molecular flexibility index (Phi) is 6.26. The van der Waals surface area contributed by atoms with E-state index < -0.39 is 16.1 Å². The third-order valence-corrected chi connectivity index (χ3v) is 5.23. The molecule has 2 rings (SSSR count). The van der Waals surface area contributed by atoms with E-state index in [9.17, 15) is 13.2 Å². The summed E-state index contributed by atoms with van der Waals surface area (Å²) in [7, 11) is -2.16. The zero-order valence-electron chi connectivity index (χ0n) is 15.4. The van der Waals surface area contributed by atoms with Crippen molar-refractivity contribution in [2.24, 2.45) is 0 Å². The fourth-order valence-electron chi connectivity index (χ4n) is 2.60. The van der Waals surface area contributed by atoms with Gasteiger partial charge in [-0.2, -0.15) is 0 Å². The number of ether oxygens (including phenoxy) is 1. The zero-order valence-corrected chi connectivity index (χ0v) is 16.2. The number of rotatable bonds is 7. The first kappa shape index (κ1) is 19.8. The van der Waals surface area contributed by atoms with E-state index in [0.29, 0.717) is 18.0 Å². The van der Waals surface area contributed by atoms with Crippen molar-refractivity contribution in [1.29, 1.82) is 0 Å². The van der Waals surface area contributed by atoms with Crippen LogP contribution >= 0.6 is 0 Å². The van der Waals surface area contributed by atoms with Gasteiger partial charge < -0.3 is 10.1 Å². The molecule has 0 aromatic heterocycles. The number of carbonyl (C=O) groups excluding carboxylic acids is 1. The number of methoxy groups -OCH3 is 1. The summed E-state index contributed by atoms with van der Waals surface area (Å²) < 4.78 is 30.8. The molecule has 0 saturated carbocycles. The van der Waals surface area contributed by atoms with E-state index in [1.165, 1.54) is 7.11 Å². The molecule has 0 saturated heterocycles. The second-order valence-electron chi connectivity index (χ2n) is 6.14. The Labute approximate surface area is 154 Å². The van der Waals surface area contributed by atoms with Crippen molar-refractivity contribution in [1.82, 2.24) is 5.32 Å². The van der Waals surface area contributed by atoms with Crippen molar-refractivity contribution in [3.63, 3.8) is 0 Å². The van der Waals surface area contributed by atoms with Gasteiger partial charge >= 0.3 is 0 Å². The maximum Gasteiger partial charge on any atom is 0.243 e. The molecule has 6 nitrogen and oxygen atoms in total. The van der Waals surface area contributed by atoms with Gasteiger partial charge in [-0.1, -0.05) is 35.9 Å². The molecule has 0 heterocycles. The van der Waals surface area contributed by atoms with Crippen LogP contribution in [0, 0.1) is 6.92 Å². The van der Waals surface area contributed by atoms with Crippen LogP contribution in [0.3, 0.4) is 0 Å². The van der Waals surface area contributed by atoms with Crippen LogP contribution in [0.1, 0.15) is 18.1 Å². The molecule has 0 aliphatic heterocycles. The summed E-state index contributed by atoms with van der Waals surface area (Å²) in [4.78, 5) is 12.6. The molecule has 0 spiro atoms. The number of benzene rings is 2. The summed E-state index contributed by atoms with van der Waals surface area (Å²) in [6.45, 7) is 3.88. The van der Waals surface area contributed by atoms with Crippen molar-refractivity contribution >= 4 is 21.6 Å². The van der Waals surface area contributed by atoms with Crippen LogP contribution in [0.2, 0.25) is 0 Å². The highest BCUT2D eigenvalue weighted by Gasteiger charge is 2.29. The molecular formula is C19H24N2O4S. The van der Waals surface area contributed by atoms with E-state index in [0.717, 1.165) is 21.7 Å². The number of carbonyl (C=O) groups is 1. The van der Waals surface area contributed by atoms with Crippen LogP contribution in [0.15, 0.2) is 48.5 Å². The fourth-order valence-corrected chi connectivity index (χ4v) is 3.77. The molecule has 1 amide bonds. The molecule has 1 atom stereocenters. The molecule has 0 aliphatic rings. The predicted octanol–water partition coefficient (Wildman–Crippen LogP) is 2.47. The molecule has 26 heavy (non-hydrogen) atoms. The number of sulfonamides is 1. The maximum absolute atomic E-state index is 12.6. The zero-order chi connectivity index (χ0) is 19.3. The summed E-state index contributed by atoms with van der Waals surface area (Å²) >= 11 is 0. The number of nitrogens with zero attached hydrogens (tertiary/aromatic N) is 1. The minimum Gasteiger partial charge on any atom is -0.497 e. The minimum absolute atomic E-state index is 0.333. The lowest BCUT2D eigenvalue weighted by atomic mass is 10.1. The van der Waals surface area contributed by atoms with Crippen LogP contribution in [0.4, 0.5) is 5.69 Å². The molecule has 0 fully saturated rings. The molecule has 140 valence electrons. The van der Waals surface area contributed by atoms with E-state index in [-0.39, 0.29) is 5.91 Å². The molecule has 2 aromatic rings. The fraction of sp³-hybridized carbons (Fsp3) is 0.316. The van der Waals surface area contributed by atoms with Crippen molar-refractivity contribution in [2.45, 2.75) is 26.4 Å². The molecule has 1 unspecified atom stereocenters. The molecule has 2 aromatic carbocycles. The average Bonchev–Trinajstić information content (AvgIpc) is 2.60. The Hall–Kier alpha value is -2.54. The number of anilines is 1. The minimum atomic E-state index is -3.66. The SMILES string of the molecule is COc1cccc(N(C(C)C(=O)NCc2ccc(C)cc2)S(C)(=O)=O)c1. The Morgan fingerprint density at radius 1 is 1.19 bits per heavy atom. The van der Waals surface area contributed by atoms with Gasteiger partial charge in [0.15, 0.2) is 0 Å². The number of hydrogen-bond acceptors (Lipinski definition) is 4. The lowest BCUT2D eigenvalue weighted by Gasteiger charge is -2.28. The third kappa shape index (κ3) is 4.98. The quantitative estimate of drug-likeness (QED) is 0.805. The first-order valence-electron chi connectivity index (χ1n) is 8.19. The number of hydrogen-bond donors (Lipinski definition) is 1. The van der Waals surface area contributed by atoms with Crippen molar-refractivity contribution in [3.05, 3.63) is 59.7 Å². The molecule has 7 heteroatoms. The van der Waals surface area contributed by atoms with Crippen LogP contribution in [0.25, 0.3) is 0 Å². The number of amides is 1. The van der Waals surface area contributed by atoms with Gasteiger partial charge in [0, 0.05) is 12.6 Å². The van der Waals surface area contributed by atoms with Crippen LogP contribution < -0.4 is 14.4 Å². The number of aryl methyl sites for hydroxylation is 1. The second-order valence-corrected chi connectivity index (χ2v) is 8.00. The third-order valence-electron chi connectivity index (χ3n) is 3.98. The highest BCUT2D eigenvalue weighted by Crippen LogP contribution is 2.25. The highest BCUT2D eigenvalue weighted by molar-refractivity contribution is 7.92. The van der Waals surface area contributed by atoms with Crippen LogP contribution in [-0.2, 0) is 21.4 Å². The average molecular weight is 376 g/mol. The van der Waals surface area contributed by atoms with E-state index in [2.05, 4.69) is 5.32 Å². The summed E-state index contributed by atoms with van der Waals surface area (Å²) in [5.41, 5.74) is 2.46. The molecule has 0 aliphatic carbocycles. The van der Waals surface area contributed by atoms with Gasteiger partial charge in [-0.05, 0) is 31.5 Å². The maximum atomic E-state index is 12.6. The monoisotopic (exact) mass is 376 g/mol. The van der Waals surface area contributed by atoms with Gasteiger partial charge in [-0.3, -0.25) is 9.10 Å². The Bertz CT molecular complexity index is 863. The summed E-state index contributed by atoms with van der Waals surface area (Å²) in [6, 6.07) is 13.5. The standard InChI is InChI=1S/C19H24N2O4S/c1-14-8-10-16(11-9-14)13-20-19(22)15(2)21(26(4,23)24)17-6-5-7-18(12-17)25-3/h5-12,15H,13H2,1-4H3,(H,20,22). The lowest BCUT2D eigenvalue weighted by Crippen LogP contribution is -2.47. The Morgan fingerprint density at radius 2 is 1.85 bits per heavy atom. The van der Waals surface area contributed by atoms with Gasteiger partial charge in [0.2, 0.25) is 15.9 Å². The van der Waals surface area contributed by atoms with Crippen molar-refractivity contribution < 1.29 is 17.9 Å². The summed E-state index contributed by atoms with van der Waals surface area (Å²) in [5.74, 6) is 0.141. The first-order valence-corrected chi connectivity index (χ1v) is 10.0. The van der Waals surface area contributed by atoms with E-state index in [1.54, 1.807) is 31.2 Å². The Balaban J connectivity index is 2.19. The summed E-state index contributed by atoms with van der Waals surface area (Å²) in [5, 5.41) is 2.79. The molecule has 0 bridgehead atoms. The van der Waals surface area contributed by atoms with Gasteiger partial charge in [-0.15, -0.1) is 0 Å². The summed E-state index contributed by atoms with van der Waals surface area (Å²) in [6.07, 6.45) is 1.08. The largest absolute Gasteiger partial charge is 0.497 e. The first-order chi connectivity index (χ1) is 12.2. The van der Waals surface area contributed by atoms with Gasteiger partial charge in [-0.25, -0.2) is 8.42 Å². The van der Waals surface area contributed by atoms with Gasteiger partial charge in [0.05, 0.1) is 19.1 Å². The molecule has 0 radical (unpaired) electrons. The van der Waals surface area contributed by atoms with Crippen LogP contribution in [0.5, 0.6) is 5.75 Å². The smallest absolute Gasteiger partial charge is 0.243 e.